The molecular formula is C13H13IN2O2. The Kier molecular flexibility index (Phi) is 3.43. The maximum Gasteiger partial charge on any atom is 0.340 e. The number of aryl methyl sites for hydroxylation is 3. The first kappa shape index (κ1) is 13.1. The molecule has 0 saturated heterocycles. The van der Waals surface area contributed by atoms with Crippen LogP contribution in [0.1, 0.15) is 27.0 Å². The Hall–Kier alpha value is -1.37. The summed E-state index contributed by atoms with van der Waals surface area (Å²) in [5, 5.41) is 13.2. The van der Waals surface area contributed by atoms with Crippen molar-refractivity contribution in [2.24, 2.45) is 0 Å². The molecule has 0 spiro atoms. The molecule has 0 fully saturated rings. The summed E-state index contributed by atoms with van der Waals surface area (Å²) in [5.74, 6) is -0.951. The van der Waals surface area contributed by atoms with Crippen molar-refractivity contribution < 1.29 is 9.90 Å². The maximum atomic E-state index is 11.0. The highest BCUT2D eigenvalue weighted by Gasteiger charge is 2.17. The number of carbonyl (C=O) groups is 1. The number of rotatable bonds is 2. The van der Waals surface area contributed by atoms with Gasteiger partial charge in [0.2, 0.25) is 0 Å². The van der Waals surface area contributed by atoms with Gasteiger partial charge in [-0.1, -0.05) is 17.7 Å². The van der Waals surface area contributed by atoms with Gasteiger partial charge >= 0.3 is 5.97 Å². The summed E-state index contributed by atoms with van der Waals surface area (Å²) < 4.78 is 2.31. The van der Waals surface area contributed by atoms with E-state index in [-0.39, 0.29) is 5.56 Å². The molecule has 2 aromatic rings. The standard InChI is InChI=1S/C13H13IN2O2/c1-7-4-8(2)11(9(3)5-7)16-12(14)10(6-15-16)13(17)18/h4-6H,1-3H3,(H,17,18). The first-order valence-electron chi connectivity index (χ1n) is 5.47. The normalized spacial score (nSPS) is 10.7. The van der Waals surface area contributed by atoms with Crippen molar-refractivity contribution in [3.8, 4) is 5.69 Å². The number of hydrogen-bond donors (Lipinski definition) is 1. The number of carboxylic acids is 1. The number of aromatic carboxylic acids is 1. The summed E-state index contributed by atoms with van der Waals surface area (Å²) in [6.45, 7) is 6.06. The molecular weight excluding hydrogens is 343 g/mol. The minimum absolute atomic E-state index is 0.231. The summed E-state index contributed by atoms with van der Waals surface area (Å²) in [6, 6.07) is 4.14. The Labute approximate surface area is 119 Å². The van der Waals surface area contributed by atoms with Crippen LogP contribution in [0.4, 0.5) is 0 Å². The smallest absolute Gasteiger partial charge is 0.340 e. The van der Waals surface area contributed by atoms with Crippen LogP contribution in [-0.2, 0) is 0 Å². The lowest BCUT2D eigenvalue weighted by atomic mass is 10.1. The lowest BCUT2D eigenvalue weighted by Crippen LogP contribution is -2.06. The van der Waals surface area contributed by atoms with E-state index in [1.165, 1.54) is 11.8 Å². The van der Waals surface area contributed by atoms with Gasteiger partial charge in [0.1, 0.15) is 9.26 Å². The van der Waals surface area contributed by atoms with Crippen molar-refractivity contribution in [1.29, 1.82) is 0 Å². The van der Waals surface area contributed by atoms with Crippen LogP contribution in [0.2, 0.25) is 0 Å². The molecule has 1 aromatic carbocycles. The predicted molar refractivity (Wildman–Crippen MR) is 77.5 cm³/mol. The lowest BCUT2D eigenvalue weighted by molar-refractivity contribution is 0.0695. The van der Waals surface area contributed by atoms with Gasteiger partial charge in [0.25, 0.3) is 0 Å². The van der Waals surface area contributed by atoms with Crippen LogP contribution in [0.3, 0.4) is 0 Å². The van der Waals surface area contributed by atoms with E-state index in [1.54, 1.807) is 4.68 Å². The molecule has 94 valence electrons. The van der Waals surface area contributed by atoms with E-state index in [0.29, 0.717) is 3.70 Å². The number of nitrogens with zero attached hydrogens (tertiary/aromatic N) is 2. The molecule has 5 heteroatoms. The summed E-state index contributed by atoms with van der Waals surface area (Å²) >= 11 is 2.02. The van der Waals surface area contributed by atoms with Gasteiger partial charge in [0, 0.05) is 0 Å². The van der Waals surface area contributed by atoms with E-state index >= 15 is 0 Å². The van der Waals surface area contributed by atoms with Gasteiger partial charge < -0.3 is 5.11 Å². The minimum Gasteiger partial charge on any atom is -0.478 e. The number of aromatic nitrogens is 2. The Morgan fingerprint density at radius 2 is 1.83 bits per heavy atom. The van der Waals surface area contributed by atoms with Gasteiger partial charge in [-0.05, 0) is 54.5 Å². The molecule has 1 heterocycles. The molecule has 0 unspecified atom stereocenters. The third-order valence-corrected chi connectivity index (χ3v) is 3.83. The van der Waals surface area contributed by atoms with Crippen molar-refractivity contribution in [3.05, 3.63) is 44.3 Å². The fourth-order valence-electron chi connectivity index (χ4n) is 2.14. The SMILES string of the molecule is Cc1cc(C)c(-n2ncc(C(=O)O)c2I)c(C)c1. The van der Waals surface area contributed by atoms with Crippen molar-refractivity contribution >= 4 is 28.6 Å². The molecule has 0 atom stereocenters. The average Bonchev–Trinajstić information content (AvgIpc) is 2.59. The molecule has 0 bridgehead atoms. The molecule has 0 aliphatic carbocycles. The lowest BCUT2D eigenvalue weighted by Gasteiger charge is -2.12. The van der Waals surface area contributed by atoms with E-state index in [9.17, 15) is 4.79 Å². The fraction of sp³-hybridized carbons (Fsp3) is 0.231. The third kappa shape index (κ3) is 2.14. The Morgan fingerprint density at radius 3 is 2.28 bits per heavy atom. The second kappa shape index (κ2) is 4.72. The quantitative estimate of drug-likeness (QED) is 0.842. The van der Waals surface area contributed by atoms with Crippen molar-refractivity contribution in [2.45, 2.75) is 20.8 Å². The zero-order valence-electron chi connectivity index (χ0n) is 10.4. The van der Waals surface area contributed by atoms with Crippen LogP contribution in [0.15, 0.2) is 18.3 Å². The van der Waals surface area contributed by atoms with Crippen molar-refractivity contribution in [2.75, 3.05) is 0 Å². The number of benzene rings is 1. The molecule has 0 saturated carbocycles. The first-order chi connectivity index (χ1) is 8.41. The summed E-state index contributed by atoms with van der Waals surface area (Å²) in [4.78, 5) is 11.0. The van der Waals surface area contributed by atoms with Crippen LogP contribution in [0.5, 0.6) is 0 Å². The van der Waals surface area contributed by atoms with Crippen LogP contribution in [0.25, 0.3) is 5.69 Å². The molecule has 18 heavy (non-hydrogen) atoms. The maximum absolute atomic E-state index is 11.0. The molecule has 0 aliphatic heterocycles. The van der Waals surface area contributed by atoms with Crippen molar-refractivity contribution in [1.82, 2.24) is 9.78 Å². The van der Waals surface area contributed by atoms with Crippen LogP contribution >= 0.6 is 22.6 Å². The van der Waals surface area contributed by atoms with Gasteiger partial charge in [-0.25, -0.2) is 9.48 Å². The highest BCUT2D eigenvalue weighted by molar-refractivity contribution is 14.1. The number of halogens is 1. The van der Waals surface area contributed by atoms with E-state index in [4.69, 9.17) is 5.11 Å². The monoisotopic (exact) mass is 356 g/mol. The highest BCUT2D eigenvalue weighted by atomic mass is 127. The molecule has 2 rings (SSSR count). The second-order valence-corrected chi connectivity index (χ2v) is 5.34. The molecule has 0 radical (unpaired) electrons. The second-order valence-electron chi connectivity index (χ2n) is 4.31. The first-order valence-corrected chi connectivity index (χ1v) is 6.54. The topological polar surface area (TPSA) is 55.1 Å². The third-order valence-electron chi connectivity index (χ3n) is 2.79. The largest absolute Gasteiger partial charge is 0.478 e. The zero-order chi connectivity index (χ0) is 13.4. The molecule has 0 aliphatic rings. The summed E-state index contributed by atoms with van der Waals surface area (Å²) in [5.41, 5.74) is 4.55. The molecule has 1 N–H and O–H groups in total. The number of carboxylic acid groups (broad SMARTS) is 1. The van der Waals surface area contributed by atoms with E-state index in [2.05, 4.69) is 17.2 Å². The van der Waals surface area contributed by atoms with Gasteiger partial charge in [-0.3, -0.25) is 0 Å². The molecule has 4 nitrogen and oxygen atoms in total. The fourth-order valence-corrected chi connectivity index (χ4v) is 2.88. The molecule has 1 aromatic heterocycles. The predicted octanol–water partition coefficient (Wildman–Crippen LogP) is 3.10. The van der Waals surface area contributed by atoms with Gasteiger partial charge in [-0.2, -0.15) is 5.10 Å². The van der Waals surface area contributed by atoms with E-state index in [1.807, 2.05) is 43.4 Å². The molecule has 0 amide bonds. The van der Waals surface area contributed by atoms with Crippen LogP contribution < -0.4 is 0 Å². The van der Waals surface area contributed by atoms with Crippen LogP contribution in [-0.4, -0.2) is 20.9 Å². The van der Waals surface area contributed by atoms with Gasteiger partial charge in [0.05, 0.1) is 11.9 Å². The van der Waals surface area contributed by atoms with Crippen LogP contribution in [0, 0.1) is 24.5 Å². The Morgan fingerprint density at radius 1 is 1.28 bits per heavy atom. The Bertz CT molecular complexity index is 609. The average molecular weight is 356 g/mol. The Balaban J connectivity index is 2.67. The van der Waals surface area contributed by atoms with Gasteiger partial charge in [-0.15, -0.1) is 0 Å². The van der Waals surface area contributed by atoms with Crippen molar-refractivity contribution in [3.63, 3.8) is 0 Å². The van der Waals surface area contributed by atoms with E-state index in [0.717, 1.165) is 16.8 Å². The zero-order valence-corrected chi connectivity index (χ0v) is 12.5. The van der Waals surface area contributed by atoms with E-state index < -0.39 is 5.97 Å². The minimum atomic E-state index is -0.951. The number of hydrogen-bond acceptors (Lipinski definition) is 2. The summed E-state index contributed by atoms with van der Waals surface area (Å²) in [6.07, 6.45) is 1.39. The van der Waals surface area contributed by atoms with Gasteiger partial charge in [0.15, 0.2) is 0 Å². The highest BCUT2D eigenvalue weighted by Crippen LogP contribution is 2.24. The summed E-state index contributed by atoms with van der Waals surface area (Å²) in [7, 11) is 0.